The van der Waals surface area contributed by atoms with E-state index in [0.717, 1.165) is 30.4 Å². The van der Waals surface area contributed by atoms with Crippen molar-refractivity contribution in [2.75, 3.05) is 5.73 Å². The first-order valence-corrected chi connectivity index (χ1v) is 7.00. The number of thiophene rings is 2. The number of nitrogen functional groups attached to an aromatic ring is 1. The highest BCUT2D eigenvalue weighted by Gasteiger charge is 2.25. The van der Waals surface area contributed by atoms with Gasteiger partial charge in [-0.15, -0.1) is 11.3 Å². The molecule has 0 amide bonds. The molecule has 2 heterocycles. The molecule has 0 saturated carbocycles. The van der Waals surface area contributed by atoms with E-state index in [1.165, 1.54) is 10.4 Å². The zero-order chi connectivity index (χ0) is 11.1. The van der Waals surface area contributed by atoms with Gasteiger partial charge in [-0.1, -0.05) is 0 Å². The Kier molecular flexibility index (Phi) is 2.33. The number of aryl methyl sites for hydroxylation is 1. The fourth-order valence-electron chi connectivity index (χ4n) is 2.21. The molecule has 3 rings (SSSR count). The number of anilines is 1. The summed E-state index contributed by atoms with van der Waals surface area (Å²) in [7, 11) is 0. The monoisotopic (exact) mass is 249 g/mol. The van der Waals surface area contributed by atoms with E-state index in [1.807, 2.05) is 16.8 Å². The maximum Gasteiger partial charge on any atom is 0.197 e. The molecule has 0 aliphatic heterocycles. The SMILES string of the molecule is Nc1sc2c(c1C(=O)c1ccsc1)CCC2. The quantitative estimate of drug-likeness (QED) is 0.831. The molecule has 0 spiro atoms. The zero-order valence-electron chi connectivity index (χ0n) is 8.66. The summed E-state index contributed by atoms with van der Waals surface area (Å²) >= 11 is 3.14. The van der Waals surface area contributed by atoms with Gasteiger partial charge in [0.2, 0.25) is 0 Å². The summed E-state index contributed by atoms with van der Waals surface area (Å²) < 4.78 is 0. The third-order valence-electron chi connectivity index (χ3n) is 2.96. The van der Waals surface area contributed by atoms with Crippen LogP contribution in [0.3, 0.4) is 0 Å². The number of hydrogen-bond donors (Lipinski definition) is 1. The molecule has 1 aliphatic rings. The number of nitrogens with two attached hydrogens (primary N) is 1. The Balaban J connectivity index is 2.10. The van der Waals surface area contributed by atoms with Gasteiger partial charge in [-0.3, -0.25) is 4.79 Å². The average Bonchev–Trinajstić information content (AvgIpc) is 2.89. The lowest BCUT2D eigenvalue weighted by molar-refractivity contribution is 0.103. The lowest BCUT2D eigenvalue weighted by Gasteiger charge is -2.00. The second-order valence-corrected chi connectivity index (χ2v) is 5.85. The van der Waals surface area contributed by atoms with Crippen molar-refractivity contribution >= 4 is 33.5 Å². The lowest BCUT2D eigenvalue weighted by Crippen LogP contribution is -2.04. The molecule has 2 aromatic heterocycles. The smallest absolute Gasteiger partial charge is 0.197 e. The third-order valence-corrected chi connectivity index (χ3v) is 4.76. The van der Waals surface area contributed by atoms with Crippen molar-refractivity contribution in [3.05, 3.63) is 38.4 Å². The summed E-state index contributed by atoms with van der Waals surface area (Å²) in [5.74, 6) is 0.0955. The number of ketones is 1. The Bertz CT molecular complexity index is 540. The molecule has 0 fully saturated rings. The minimum atomic E-state index is 0.0955. The van der Waals surface area contributed by atoms with Crippen LogP contribution < -0.4 is 5.73 Å². The summed E-state index contributed by atoms with van der Waals surface area (Å²) in [6.45, 7) is 0. The molecule has 2 aromatic rings. The summed E-state index contributed by atoms with van der Waals surface area (Å²) in [6, 6.07) is 1.87. The van der Waals surface area contributed by atoms with Crippen molar-refractivity contribution in [3.63, 3.8) is 0 Å². The van der Waals surface area contributed by atoms with Crippen molar-refractivity contribution in [1.82, 2.24) is 0 Å². The second-order valence-electron chi connectivity index (χ2n) is 3.94. The van der Waals surface area contributed by atoms with Crippen LogP contribution in [0.2, 0.25) is 0 Å². The van der Waals surface area contributed by atoms with E-state index in [1.54, 1.807) is 22.7 Å². The highest BCUT2D eigenvalue weighted by molar-refractivity contribution is 7.16. The number of hydrogen-bond acceptors (Lipinski definition) is 4. The maximum atomic E-state index is 12.3. The summed E-state index contributed by atoms with van der Waals surface area (Å²) in [5, 5.41) is 4.51. The first kappa shape index (κ1) is 10.1. The summed E-state index contributed by atoms with van der Waals surface area (Å²) in [6.07, 6.45) is 3.25. The van der Waals surface area contributed by atoms with Gasteiger partial charge in [0.05, 0.1) is 10.6 Å². The Morgan fingerprint density at radius 2 is 2.25 bits per heavy atom. The van der Waals surface area contributed by atoms with Gasteiger partial charge in [0.15, 0.2) is 5.78 Å². The molecule has 0 bridgehead atoms. The Morgan fingerprint density at radius 3 is 3.00 bits per heavy atom. The predicted molar refractivity (Wildman–Crippen MR) is 68.5 cm³/mol. The third kappa shape index (κ3) is 1.41. The van der Waals surface area contributed by atoms with Crippen LogP contribution >= 0.6 is 22.7 Å². The highest BCUT2D eigenvalue weighted by Crippen LogP contribution is 2.38. The molecule has 82 valence electrons. The molecule has 4 heteroatoms. The molecule has 0 aromatic carbocycles. The normalized spacial score (nSPS) is 14.0. The topological polar surface area (TPSA) is 43.1 Å². The number of rotatable bonds is 2. The predicted octanol–water partition coefficient (Wildman–Crippen LogP) is 3.11. The van der Waals surface area contributed by atoms with Crippen LogP contribution in [0.5, 0.6) is 0 Å². The molecular weight excluding hydrogens is 238 g/mol. The second kappa shape index (κ2) is 3.71. The van der Waals surface area contributed by atoms with Gasteiger partial charge in [0.1, 0.15) is 0 Å². The fraction of sp³-hybridized carbons (Fsp3) is 0.250. The van der Waals surface area contributed by atoms with E-state index >= 15 is 0 Å². The molecule has 0 saturated heterocycles. The molecule has 1 aliphatic carbocycles. The van der Waals surface area contributed by atoms with Crippen LogP contribution in [-0.4, -0.2) is 5.78 Å². The van der Waals surface area contributed by atoms with Crippen molar-refractivity contribution in [1.29, 1.82) is 0 Å². The van der Waals surface area contributed by atoms with E-state index in [4.69, 9.17) is 5.73 Å². The minimum absolute atomic E-state index is 0.0955. The summed E-state index contributed by atoms with van der Waals surface area (Å²) in [5.41, 5.74) is 8.71. The molecule has 2 nitrogen and oxygen atoms in total. The molecule has 2 N–H and O–H groups in total. The zero-order valence-corrected chi connectivity index (χ0v) is 10.3. The van der Waals surface area contributed by atoms with Crippen LogP contribution in [0.15, 0.2) is 16.8 Å². The van der Waals surface area contributed by atoms with E-state index in [2.05, 4.69) is 0 Å². The molecule has 0 radical (unpaired) electrons. The summed E-state index contributed by atoms with van der Waals surface area (Å²) in [4.78, 5) is 13.6. The van der Waals surface area contributed by atoms with E-state index in [9.17, 15) is 4.79 Å². The van der Waals surface area contributed by atoms with E-state index in [0.29, 0.717) is 5.00 Å². The van der Waals surface area contributed by atoms with Crippen LogP contribution in [0.1, 0.15) is 32.8 Å². The molecule has 0 unspecified atom stereocenters. The van der Waals surface area contributed by atoms with E-state index < -0.39 is 0 Å². The lowest BCUT2D eigenvalue weighted by atomic mass is 10.0. The van der Waals surface area contributed by atoms with Gasteiger partial charge in [-0.2, -0.15) is 11.3 Å². The van der Waals surface area contributed by atoms with Gasteiger partial charge in [-0.05, 0) is 36.3 Å². The fourth-order valence-corrected chi connectivity index (χ4v) is 4.01. The van der Waals surface area contributed by atoms with Crippen LogP contribution in [0, 0.1) is 0 Å². The first-order valence-electron chi connectivity index (χ1n) is 5.24. The average molecular weight is 249 g/mol. The largest absolute Gasteiger partial charge is 0.390 e. The van der Waals surface area contributed by atoms with Gasteiger partial charge in [-0.25, -0.2) is 0 Å². The van der Waals surface area contributed by atoms with E-state index in [-0.39, 0.29) is 5.78 Å². The van der Waals surface area contributed by atoms with Crippen molar-refractivity contribution in [2.45, 2.75) is 19.3 Å². The molecular formula is C12H11NOS2. The Labute approximate surface area is 102 Å². The standard InChI is InChI=1S/C12H11NOS2/c13-12-10(8-2-1-3-9(8)16-12)11(14)7-4-5-15-6-7/h4-6H,1-3,13H2. The van der Waals surface area contributed by atoms with Crippen molar-refractivity contribution in [3.8, 4) is 0 Å². The maximum absolute atomic E-state index is 12.3. The number of carbonyl (C=O) groups excluding carboxylic acids is 1. The van der Waals surface area contributed by atoms with Gasteiger partial charge < -0.3 is 5.73 Å². The highest BCUT2D eigenvalue weighted by atomic mass is 32.1. The number of fused-ring (bicyclic) bond motifs is 1. The van der Waals surface area contributed by atoms with Crippen LogP contribution in [0.4, 0.5) is 5.00 Å². The molecule has 0 atom stereocenters. The van der Waals surface area contributed by atoms with Gasteiger partial charge in [0, 0.05) is 15.8 Å². The number of carbonyl (C=O) groups is 1. The Morgan fingerprint density at radius 1 is 1.38 bits per heavy atom. The molecule has 16 heavy (non-hydrogen) atoms. The van der Waals surface area contributed by atoms with Crippen LogP contribution in [-0.2, 0) is 12.8 Å². The first-order chi connectivity index (χ1) is 7.77. The van der Waals surface area contributed by atoms with Crippen molar-refractivity contribution < 1.29 is 4.79 Å². The van der Waals surface area contributed by atoms with Gasteiger partial charge >= 0.3 is 0 Å². The Hall–Kier alpha value is -1.13. The van der Waals surface area contributed by atoms with Crippen molar-refractivity contribution in [2.24, 2.45) is 0 Å². The van der Waals surface area contributed by atoms with Crippen LogP contribution in [0.25, 0.3) is 0 Å². The van der Waals surface area contributed by atoms with Gasteiger partial charge in [0.25, 0.3) is 0 Å². The minimum Gasteiger partial charge on any atom is -0.390 e.